The molecule has 0 radical (unpaired) electrons. The minimum atomic E-state index is 0.734. The summed E-state index contributed by atoms with van der Waals surface area (Å²) in [6.45, 7) is 1.67. The van der Waals surface area contributed by atoms with E-state index in [0.29, 0.717) is 0 Å². The van der Waals surface area contributed by atoms with Crippen LogP contribution in [0.3, 0.4) is 0 Å². The van der Waals surface area contributed by atoms with E-state index in [1.807, 2.05) is 18.5 Å². The van der Waals surface area contributed by atoms with Gasteiger partial charge < -0.3 is 9.64 Å². The van der Waals surface area contributed by atoms with Gasteiger partial charge in [0.15, 0.2) is 5.75 Å². The Morgan fingerprint density at radius 3 is 3.19 bits per heavy atom. The van der Waals surface area contributed by atoms with Crippen LogP contribution in [-0.2, 0) is 0 Å². The summed E-state index contributed by atoms with van der Waals surface area (Å²) < 4.78 is 5.77. The van der Waals surface area contributed by atoms with Gasteiger partial charge in [0, 0.05) is 24.4 Å². The van der Waals surface area contributed by atoms with Crippen molar-refractivity contribution >= 4 is 5.69 Å². The largest absolute Gasteiger partial charge is 0.489 e. The van der Waals surface area contributed by atoms with Crippen LogP contribution in [0.5, 0.6) is 5.75 Å². The van der Waals surface area contributed by atoms with E-state index in [-0.39, 0.29) is 0 Å². The van der Waals surface area contributed by atoms with Crippen molar-refractivity contribution in [3.63, 3.8) is 0 Å². The molecule has 0 bridgehead atoms. The molecule has 1 aliphatic heterocycles. The molecule has 4 heteroatoms. The Bertz CT molecular complexity index is 493. The first-order chi connectivity index (χ1) is 7.86. The lowest BCUT2D eigenvalue weighted by molar-refractivity contribution is 0.312. The van der Waals surface area contributed by atoms with Crippen molar-refractivity contribution in [1.29, 1.82) is 0 Å². The van der Waals surface area contributed by atoms with E-state index in [0.717, 1.165) is 35.7 Å². The smallest absolute Gasteiger partial charge is 0.150 e. The molecule has 16 heavy (non-hydrogen) atoms. The third-order valence-corrected chi connectivity index (χ3v) is 2.89. The Labute approximate surface area is 93.8 Å². The molecule has 1 aromatic heterocycles. The quantitative estimate of drug-likeness (QED) is 0.790. The lowest BCUT2D eigenvalue weighted by Gasteiger charge is -2.29. The van der Waals surface area contributed by atoms with Crippen LogP contribution < -0.4 is 9.64 Å². The first kappa shape index (κ1) is 9.27. The fourth-order valence-corrected chi connectivity index (χ4v) is 2.01. The zero-order valence-electron chi connectivity index (χ0n) is 9.10. The van der Waals surface area contributed by atoms with Gasteiger partial charge in [-0.25, -0.2) is 0 Å². The van der Waals surface area contributed by atoms with Crippen molar-refractivity contribution in [1.82, 2.24) is 10.2 Å². The van der Waals surface area contributed by atoms with Crippen molar-refractivity contribution < 1.29 is 4.74 Å². The normalized spacial score (nSPS) is 14.4. The molecule has 0 amide bonds. The third-order valence-electron chi connectivity index (χ3n) is 2.89. The number of anilines is 1. The highest BCUT2D eigenvalue weighted by atomic mass is 16.5. The number of fused-ring (bicyclic) bond motifs is 1. The molecule has 1 aliphatic rings. The molecule has 2 heterocycles. The second-order valence-corrected chi connectivity index (χ2v) is 3.91. The number of aromatic amines is 1. The molecule has 0 saturated carbocycles. The van der Waals surface area contributed by atoms with Crippen LogP contribution in [0.4, 0.5) is 5.69 Å². The first-order valence-corrected chi connectivity index (χ1v) is 5.32. The predicted molar refractivity (Wildman–Crippen MR) is 62.8 cm³/mol. The van der Waals surface area contributed by atoms with E-state index in [9.17, 15) is 0 Å². The number of nitrogens with zero attached hydrogens (tertiary/aromatic N) is 2. The summed E-state index contributed by atoms with van der Waals surface area (Å²) >= 11 is 0. The molecule has 0 fully saturated rings. The lowest BCUT2D eigenvalue weighted by atomic mass is 10.1. The van der Waals surface area contributed by atoms with Crippen LogP contribution in [0, 0.1) is 0 Å². The van der Waals surface area contributed by atoms with Crippen molar-refractivity contribution in [2.45, 2.75) is 0 Å². The highest BCUT2D eigenvalue weighted by molar-refractivity contribution is 5.78. The number of para-hydroxylation sites is 1. The van der Waals surface area contributed by atoms with Gasteiger partial charge in [0.25, 0.3) is 0 Å². The van der Waals surface area contributed by atoms with E-state index in [1.54, 1.807) is 0 Å². The SMILES string of the molecule is CN1CCOc2c(-c3cn[nH]c3)cccc21. The van der Waals surface area contributed by atoms with Gasteiger partial charge in [-0.1, -0.05) is 12.1 Å². The van der Waals surface area contributed by atoms with Crippen LogP contribution in [0.15, 0.2) is 30.6 Å². The van der Waals surface area contributed by atoms with Crippen LogP contribution in [0.25, 0.3) is 11.1 Å². The maximum atomic E-state index is 5.77. The summed E-state index contributed by atoms with van der Waals surface area (Å²) in [5, 5.41) is 6.80. The highest BCUT2D eigenvalue weighted by Gasteiger charge is 2.18. The minimum Gasteiger partial charge on any atom is -0.489 e. The number of likely N-dealkylation sites (N-methyl/N-ethyl adjacent to an activating group) is 1. The van der Waals surface area contributed by atoms with Crippen LogP contribution in [0.1, 0.15) is 0 Å². The van der Waals surface area contributed by atoms with Crippen LogP contribution in [-0.4, -0.2) is 30.4 Å². The summed E-state index contributed by atoms with van der Waals surface area (Å²) in [6.07, 6.45) is 3.70. The van der Waals surface area contributed by atoms with E-state index in [1.165, 1.54) is 0 Å². The number of nitrogens with one attached hydrogen (secondary N) is 1. The number of hydrogen-bond donors (Lipinski definition) is 1. The predicted octanol–water partition coefficient (Wildman–Crippen LogP) is 1.91. The summed E-state index contributed by atoms with van der Waals surface area (Å²) in [7, 11) is 2.08. The molecule has 2 aromatic rings. The fourth-order valence-electron chi connectivity index (χ4n) is 2.01. The topological polar surface area (TPSA) is 41.1 Å². The number of rotatable bonds is 1. The average molecular weight is 215 g/mol. The number of benzene rings is 1. The zero-order chi connectivity index (χ0) is 11.0. The first-order valence-electron chi connectivity index (χ1n) is 5.32. The second kappa shape index (κ2) is 3.56. The van der Waals surface area contributed by atoms with Crippen LogP contribution >= 0.6 is 0 Å². The Morgan fingerprint density at radius 2 is 2.38 bits per heavy atom. The number of H-pyrrole nitrogens is 1. The van der Waals surface area contributed by atoms with Gasteiger partial charge in [-0.3, -0.25) is 5.10 Å². The van der Waals surface area contributed by atoms with Crippen LogP contribution in [0.2, 0.25) is 0 Å². The van der Waals surface area contributed by atoms with E-state index in [2.05, 4.69) is 34.3 Å². The molecule has 0 atom stereocenters. The average Bonchev–Trinajstić information content (AvgIpc) is 2.82. The monoisotopic (exact) mass is 215 g/mol. The second-order valence-electron chi connectivity index (χ2n) is 3.91. The molecular weight excluding hydrogens is 202 g/mol. The lowest BCUT2D eigenvalue weighted by Crippen LogP contribution is -2.28. The molecule has 1 aromatic carbocycles. The van der Waals surface area contributed by atoms with Gasteiger partial charge in [-0.2, -0.15) is 5.10 Å². The molecule has 3 rings (SSSR count). The Hall–Kier alpha value is -1.97. The van der Waals surface area contributed by atoms with E-state index >= 15 is 0 Å². The zero-order valence-corrected chi connectivity index (χ0v) is 9.10. The maximum absolute atomic E-state index is 5.77. The van der Waals surface area contributed by atoms with E-state index in [4.69, 9.17) is 4.74 Å². The Morgan fingerprint density at radius 1 is 1.44 bits per heavy atom. The summed E-state index contributed by atoms with van der Waals surface area (Å²) in [5.74, 6) is 0.956. The van der Waals surface area contributed by atoms with Gasteiger partial charge in [-0.15, -0.1) is 0 Å². The van der Waals surface area contributed by atoms with Gasteiger partial charge in [0.2, 0.25) is 0 Å². The number of ether oxygens (including phenoxy) is 1. The third kappa shape index (κ3) is 1.34. The minimum absolute atomic E-state index is 0.734. The van der Waals surface area contributed by atoms with Gasteiger partial charge in [0.1, 0.15) is 6.61 Å². The van der Waals surface area contributed by atoms with Gasteiger partial charge >= 0.3 is 0 Å². The number of aromatic nitrogens is 2. The summed E-state index contributed by atoms with van der Waals surface area (Å²) in [5.41, 5.74) is 3.30. The molecule has 0 unspecified atom stereocenters. The maximum Gasteiger partial charge on any atom is 0.150 e. The van der Waals surface area contributed by atoms with Gasteiger partial charge in [0.05, 0.1) is 18.4 Å². The molecule has 0 saturated heterocycles. The molecule has 1 N–H and O–H groups in total. The Kier molecular flexibility index (Phi) is 2.06. The van der Waals surface area contributed by atoms with Crippen molar-refractivity contribution in [2.75, 3.05) is 25.1 Å². The van der Waals surface area contributed by atoms with Crippen molar-refractivity contribution in [3.8, 4) is 16.9 Å². The molecule has 0 aliphatic carbocycles. The highest BCUT2D eigenvalue weighted by Crippen LogP contribution is 2.39. The van der Waals surface area contributed by atoms with Gasteiger partial charge in [-0.05, 0) is 6.07 Å². The molecular formula is C12H13N3O. The summed E-state index contributed by atoms with van der Waals surface area (Å²) in [6, 6.07) is 6.19. The summed E-state index contributed by atoms with van der Waals surface area (Å²) in [4.78, 5) is 2.21. The van der Waals surface area contributed by atoms with Crippen molar-refractivity contribution in [2.24, 2.45) is 0 Å². The molecule has 0 spiro atoms. The molecule has 82 valence electrons. The molecule has 4 nitrogen and oxygen atoms in total. The Balaban J connectivity index is 2.16. The van der Waals surface area contributed by atoms with E-state index < -0.39 is 0 Å². The van der Waals surface area contributed by atoms with Crippen molar-refractivity contribution in [3.05, 3.63) is 30.6 Å². The fraction of sp³-hybridized carbons (Fsp3) is 0.250. The standard InChI is InChI=1S/C12H13N3O/c1-15-5-6-16-12-10(3-2-4-11(12)15)9-7-13-14-8-9/h2-4,7-8H,5-6H2,1H3,(H,13,14). The number of hydrogen-bond acceptors (Lipinski definition) is 3.